The molecule has 0 saturated heterocycles. The van der Waals surface area contributed by atoms with Crippen LogP contribution in [0.2, 0.25) is 10.3 Å². The molecule has 0 fully saturated rings. The van der Waals surface area contributed by atoms with Crippen LogP contribution >= 0.6 is 23.2 Å². The Hall–Kier alpha value is -1.07. The van der Waals surface area contributed by atoms with E-state index in [0.717, 1.165) is 0 Å². The van der Waals surface area contributed by atoms with Crippen LogP contribution in [0.5, 0.6) is 0 Å². The Labute approximate surface area is 110 Å². The van der Waals surface area contributed by atoms with Crippen LogP contribution in [-0.4, -0.2) is 28.7 Å². The topological polar surface area (TPSA) is 55.3 Å². The van der Waals surface area contributed by atoms with Crippen LogP contribution in [0.15, 0.2) is 6.20 Å². The highest BCUT2D eigenvalue weighted by atomic mass is 35.5. The molecule has 0 aliphatic carbocycles. The molecule has 17 heavy (non-hydrogen) atoms. The molecule has 1 aromatic rings. The van der Waals surface area contributed by atoms with Gasteiger partial charge in [-0.15, -0.1) is 0 Å². The van der Waals surface area contributed by atoms with E-state index >= 15 is 0 Å². The molecule has 94 valence electrons. The van der Waals surface area contributed by atoms with Gasteiger partial charge in [-0.2, -0.15) is 4.98 Å². The fraction of sp³-hybridized carbons (Fsp3) is 0.500. The van der Waals surface area contributed by atoms with Crippen molar-refractivity contribution in [2.75, 3.05) is 11.9 Å². The number of carbonyl (C=O) groups excluding carboxylic acids is 1. The van der Waals surface area contributed by atoms with Crippen molar-refractivity contribution in [3.8, 4) is 0 Å². The molecule has 0 N–H and O–H groups in total. The van der Waals surface area contributed by atoms with Gasteiger partial charge in [-0.05, 0) is 32.4 Å². The van der Waals surface area contributed by atoms with E-state index in [1.54, 1.807) is 20.8 Å². The minimum Gasteiger partial charge on any atom is -0.443 e. The van der Waals surface area contributed by atoms with E-state index in [0.29, 0.717) is 0 Å². The number of nitrogens with zero attached hydrogens (tertiary/aromatic N) is 3. The van der Waals surface area contributed by atoms with Crippen molar-refractivity contribution < 1.29 is 9.53 Å². The number of ether oxygens (including phenoxy) is 1. The summed E-state index contributed by atoms with van der Waals surface area (Å²) in [6, 6.07) is 0. The van der Waals surface area contributed by atoms with Gasteiger partial charge in [-0.25, -0.2) is 9.78 Å². The molecule has 1 aromatic heterocycles. The number of hydrogen-bond donors (Lipinski definition) is 0. The van der Waals surface area contributed by atoms with Crippen LogP contribution in [0.3, 0.4) is 0 Å². The van der Waals surface area contributed by atoms with Crippen molar-refractivity contribution >= 4 is 35.1 Å². The molecule has 0 bridgehead atoms. The van der Waals surface area contributed by atoms with Crippen LogP contribution < -0.4 is 4.90 Å². The predicted molar refractivity (Wildman–Crippen MR) is 66.7 cm³/mol. The van der Waals surface area contributed by atoms with Crippen LogP contribution in [0.25, 0.3) is 0 Å². The molecule has 0 radical (unpaired) electrons. The third-order valence-electron chi connectivity index (χ3n) is 1.68. The molecule has 0 aliphatic rings. The Morgan fingerprint density at radius 1 is 1.41 bits per heavy atom. The standard InChI is InChI=1S/C10H13Cl2N3O2/c1-10(2,3)17-9(16)15(4)7-6(11)5-13-8(12)14-7/h5H,1-4H3. The smallest absolute Gasteiger partial charge is 0.415 e. The zero-order valence-electron chi connectivity index (χ0n) is 9.99. The molecule has 1 heterocycles. The summed E-state index contributed by atoms with van der Waals surface area (Å²) in [5, 5.41) is 0.238. The first-order valence-electron chi connectivity index (χ1n) is 4.85. The number of aromatic nitrogens is 2. The average molecular weight is 278 g/mol. The maximum atomic E-state index is 11.8. The fourth-order valence-corrected chi connectivity index (χ4v) is 1.34. The second kappa shape index (κ2) is 5.06. The van der Waals surface area contributed by atoms with E-state index in [1.165, 1.54) is 18.1 Å². The third-order valence-corrected chi connectivity index (χ3v) is 2.13. The SMILES string of the molecule is CN(C(=O)OC(C)(C)C)c1nc(Cl)ncc1Cl. The Balaban J connectivity index is 2.92. The first-order chi connectivity index (χ1) is 7.70. The van der Waals surface area contributed by atoms with Crippen LogP contribution in [0, 0.1) is 0 Å². The van der Waals surface area contributed by atoms with Gasteiger partial charge < -0.3 is 4.74 Å². The quantitative estimate of drug-likeness (QED) is 0.740. The summed E-state index contributed by atoms with van der Waals surface area (Å²) >= 11 is 11.5. The summed E-state index contributed by atoms with van der Waals surface area (Å²) in [5.41, 5.74) is -0.589. The molecule has 0 spiro atoms. The monoisotopic (exact) mass is 277 g/mol. The summed E-state index contributed by atoms with van der Waals surface area (Å²) in [5.74, 6) is 0.209. The minimum absolute atomic E-state index is 0.0137. The summed E-state index contributed by atoms with van der Waals surface area (Å²) in [6.07, 6.45) is 0.766. The highest BCUT2D eigenvalue weighted by molar-refractivity contribution is 6.34. The van der Waals surface area contributed by atoms with Crippen molar-refractivity contribution in [1.29, 1.82) is 0 Å². The van der Waals surface area contributed by atoms with Crippen molar-refractivity contribution in [2.24, 2.45) is 0 Å². The molecule has 0 atom stereocenters. The lowest BCUT2D eigenvalue weighted by Gasteiger charge is -2.24. The van der Waals surface area contributed by atoms with Gasteiger partial charge in [0.25, 0.3) is 0 Å². The van der Waals surface area contributed by atoms with Gasteiger partial charge in [-0.3, -0.25) is 4.90 Å². The van der Waals surface area contributed by atoms with Crippen molar-refractivity contribution in [3.05, 3.63) is 16.5 Å². The number of hydrogen-bond acceptors (Lipinski definition) is 4. The molecular formula is C10H13Cl2N3O2. The van der Waals surface area contributed by atoms with Gasteiger partial charge in [0.15, 0.2) is 5.82 Å². The van der Waals surface area contributed by atoms with Gasteiger partial charge >= 0.3 is 6.09 Å². The van der Waals surface area contributed by atoms with E-state index in [4.69, 9.17) is 27.9 Å². The normalized spacial score (nSPS) is 11.2. The lowest BCUT2D eigenvalue weighted by atomic mass is 10.2. The zero-order chi connectivity index (χ0) is 13.2. The lowest BCUT2D eigenvalue weighted by molar-refractivity contribution is 0.0588. The minimum atomic E-state index is -0.589. The van der Waals surface area contributed by atoms with Crippen molar-refractivity contribution in [2.45, 2.75) is 26.4 Å². The predicted octanol–water partition coefficient (Wildman–Crippen LogP) is 3.15. The van der Waals surface area contributed by atoms with E-state index < -0.39 is 11.7 Å². The van der Waals surface area contributed by atoms with Gasteiger partial charge in [0.05, 0.1) is 6.20 Å². The maximum absolute atomic E-state index is 11.8. The Kier molecular flexibility index (Phi) is 4.16. The van der Waals surface area contributed by atoms with Crippen molar-refractivity contribution in [1.82, 2.24) is 9.97 Å². The summed E-state index contributed by atoms with van der Waals surface area (Å²) in [6.45, 7) is 5.31. The number of anilines is 1. The van der Waals surface area contributed by atoms with E-state index in [1.807, 2.05) is 0 Å². The number of halogens is 2. The first kappa shape index (κ1) is 14.0. The Morgan fingerprint density at radius 3 is 2.53 bits per heavy atom. The third kappa shape index (κ3) is 4.02. The van der Waals surface area contributed by atoms with Gasteiger partial charge in [0, 0.05) is 7.05 Å². The summed E-state index contributed by atoms with van der Waals surface area (Å²) in [7, 11) is 1.50. The van der Waals surface area contributed by atoms with Gasteiger partial charge in [-0.1, -0.05) is 11.6 Å². The highest BCUT2D eigenvalue weighted by Crippen LogP contribution is 2.24. The van der Waals surface area contributed by atoms with Gasteiger partial charge in [0.2, 0.25) is 5.28 Å². The molecule has 1 rings (SSSR count). The van der Waals surface area contributed by atoms with Crippen LogP contribution in [0.4, 0.5) is 10.6 Å². The summed E-state index contributed by atoms with van der Waals surface area (Å²) < 4.78 is 5.17. The van der Waals surface area contributed by atoms with Crippen LogP contribution in [0.1, 0.15) is 20.8 Å². The molecule has 0 aliphatic heterocycles. The molecule has 7 heteroatoms. The first-order valence-corrected chi connectivity index (χ1v) is 5.61. The molecule has 0 unspecified atom stereocenters. The number of rotatable bonds is 1. The average Bonchev–Trinajstić information content (AvgIpc) is 2.18. The Morgan fingerprint density at radius 2 is 2.00 bits per heavy atom. The van der Waals surface area contributed by atoms with E-state index in [9.17, 15) is 4.79 Å². The highest BCUT2D eigenvalue weighted by Gasteiger charge is 2.23. The molecule has 5 nitrogen and oxygen atoms in total. The lowest BCUT2D eigenvalue weighted by Crippen LogP contribution is -2.34. The second-order valence-corrected chi connectivity index (χ2v) is 5.10. The zero-order valence-corrected chi connectivity index (χ0v) is 11.5. The van der Waals surface area contributed by atoms with Crippen molar-refractivity contribution in [3.63, 3.8) is 0 Å². The molecule has 1 amide bonds. The van der Waals surface area contributed by atoms with Gasteiger partial charge in [0.1, 0.15) is 10.6 Å². The van der Waals surface area contributed by atoms with Crippen LogP contribution in [-0.2, 0) is 4.74 Å². The second-order valence-electron chi connectivity index (χ2n) is 4.35. The largest absolute Gasteiger partial charge is 0.443 e. The molecule has 0 saturated carbocycles. The fourth-order valence-electron chi connectivity index (χ4n) is 0.989. The maximum Gasteiger partial charge on any atom is 0.415 e. The number of amides is 1. The summed E-state index contributed by atoms with van der Waals surface area (Å²) in [4.78, 5) is 20.5. The molecule has 0 aromatic carbocycles. The Bertz CT molecular complexity index is 432. The number of carbonyl (C=O) groups is 1. The van der Waals surface area contributed by atoms with E-state index in [2.05, 4.69) is 9.97 Å². The molecular weight excluding hydrogens is 265 g/mol. The van der Waals surface area contributed by atoms with E-state index in [-0.39, 0.29) is 16.1 Å².